The highest BCUT2D eigenvalue weighted by Crippen LogP contribution is 2.08. The van der Waals surface area contributed by atoms with Crippen LogP contribution in [0.25, 0.3) is 0 Å². The third kappa shape index (κ3) is 2.05. The van der Waals surface area contributed by atoms with E-state index in [2.05, 4.69) is 17.0 Å². The number of rotatable bonds is 3. The molecule has 1 aromatic rings. The first kappa shape index (κ1) is 8.27. The highest BCUT2D eigenvalue weighted by Gasteiger charge is 2.05. The Morgan fingerprint density at radius 3 is 2.82 bits per heavy atom. The standard InChI is InChI=1S/C8H14N2O/c1-4-8-7(5-10(2)3)6-11-9-8/h6H,4-5H2,1-3H3. The minimum absolute atomic E-state index is 0.909. The molecule has 0 spiro atoms. The summed E-state index contributed by atoms with van der Waals surface area (Å²) in [6, 6.07) is 0. The predicted molar refractivity (Wildman–Crippen MR) is 43.3 cm³/mol. The summed E-state index contributed by atoms with van der Waals surface area (Å²) in [4.78, 5) is 2.10. The Morgan fingerprint density at radius 2 is 2.27 bits per heavy atom. The van der Waals surface area contributed by atoms with Crippen LogP contribution < -0.4 is 0 Å². The Hall–Kier alpha value is -0.830. The van der Waals surface area contributed by atoms with Crippen molar-refractivity contribution in [2.24, 2.45) is 0 Å². The summed E-state index contributed by atoms with van der Waals surface area (Å²) in [5.74, 6) is 0. The van der Waals surface area contributed by atoms with Crippen LogP contribution in [0.1, 0.15) is 18.2 Å². The van der Waals surface area contributed by atoms with E-state index in [0.717, 1.165) is 18.7 Å². The third-order valence-electron chi connectivity index (χ3n) is 1.55. The first-order valence-electron chi connectivity index (χ1n) is 3.81. The molecule has 0 amide bonds. The molecule has 0 unspecified atom stereocenters. The largest absolute Gasteiger partial charge is 0.364 e. The predicted octanol–water partition coefficient (Wildman–Crippen LogP) is 1.30. The summed E-state index contributed by atoms with van der Waals surface area (Å²) in [6.45, 7) is 2.99. The Bertz CT molecular complexity index is 218. The quantitative estimate of drug-likeness (QED) is 0.657. The van der Waals surface area contributed by atoms with Crippen molar-refractivity contribution >= 4 is 0 Å². The van der Waals surface area contributed by atoms with Crippen molar-refractivity contribution in [3.8, 4) is 0 Å². The molecule has 0 atom stereocenters. The fourth-order valence-electron chi connectivity index (χ4n) is 1.04. The molecule has 3 heteroatoms. The first-order chi connectivity index (χ1) is 5.24. The van der Waals surface area contributed by atoms with Gasteiger partial charge >= 0.3 is 0 Å². The molecule has 0 N–H and O–H groups in total. The molecule has 0 radical (unpaired) electrons. The molecule has 0 saturated heterocycles. The number of aromatic nitrogens is 1. The Kier molecular flexibility index (Phi) is 2.65. The van der Waals surface area contributed by atoms with Crippen LogP contribution in [0.2, 0.25) is 0 Å². The average molecular weight is 154 g/mol. The van der Waals surface area contributed by atoms with Crippen molar-refractivity contribution in [2.75, 3.05) is 14.1 Å². The second kappa shape index (κ2) is 3.53. The van der Waals surface area contributed by atoms with Gasteiger partial charge in [-0.1, -0.05) is 12.1 Å². The number of hydrogen-bond donors (Lipinski definition) is 0. The molecule has 0 saturated carbocycles. The van der Waals surface area contributed by atoms with E-state index in [0.29, 0.717) is 0 Å². The highest BCUT2D eigenvalue weighted by molar-refractivity contribution is 5.13. The summed E-state index contributed by atoms with van der Waals surface area (Å²) in [7, 11) is 4.07. The van der Waals surface area contributed by atoms with Crippen LogP contribution in [-0.2, 0) is 13.0 Å². The van der Waals surface area contributed by atoms with Crippen molar-refractivity contribution in [1.82, 2.24) is 10.1 Å². The van der Waals surface area contributed by atoms with E-state index in [-0.39, 0.29) is 0 Å². The van der Waals surface area contributed by atoms with Crippen molar-refractivity contribution in [2.45, 2.75) is 19.9 Å². The van der Waals surface area contributed by atoms with Gasteiger partial charge in [0.1, 0.15) is 6.26 Å². The molecule has 1 heterocycles. The maximum atomic E-state index is 4.86. The highest BCUT2D eigenvalue weighted by atomic mass is 16.5. The van der Waals surface area contributed by atoms with Crippen LogP contribution in [0.3, 0.4) is 0 Å². The van der Waals surface area contributed by atoms with Gasteiger partial charge in [-0.25, -0.2) is 0 Å². The van der Waals surface area contributed by atoms with Gasteiger partial charge in [-0.05, 0) is 20.5 Å². The zero-order valence-corrected chi connectivity index (χ0v) is 7.29. The Balaban J connectivity index is 2.68. The SMILES string of the molecule is CCc1nocc1CN(C)C. The molecule has 0 aromatic carbocycles. The fourth-order valence-corrected chi connectivity index (χ4v) is 1.04. The average Bonchev–Trinajstić information content (AvgIpc) is 2.34. The van der Waals surface area contributed by atoms with Gasteiger partial charge in [0.2, 0.25) is 0 Å². The van der Waals surface area contributed by atoms with Gasteiger partial charge in [0.05, 0.1) is 5.69 Å². The Labute approximate surface area is 67.0 Å². The van der Waals surface area contributed by atoms with Gasteiger partial charge in [-0.2, -0.15) is 0 Å². The topological polar surface area (TPSA) is 29.3 Å². The molecule has 3 nitrogen and oxygen atoms in total. The molecule has 0 bridgehead atoms. The van der Waals surface area contributed by atoms with E-state index in [1.165, 1.54) is 5.56 Å². The maximum Gasteiger partial charge on any atom is 0.128 e. The second-order valence-electron chi connectivity index (χ2n) is 2.88. The molecular formula is C8H14N2O. The molecule has 1 aromatic heterocycles. The van der Waals surface area contributed by atoms with Crippen LogP contribution >= 0.6 is 0 Å². The number of hydrogen-bond acceptors (Lipinski definition) is 3. The molecule has 0 aliphatic rings. The van der Waals surface area contributed by atoms with E-state index in [1.54, 1.807) is 6.26 Å². The monoisotopic (exact) mass is 154 g/mol. The van der Waals surface area contributed by atoms with E-state index in [4.69, 9.17) is 4.52 Å². The van der Waals surface area contributed by atoms with Crippen LogP contribution in [0.4, 0.5) is 0 Å². The maximum absolute atomic E-state index is 4.86. The smallest absolute Gasteiger partial charge is 0.128 e. The molecule has 0 fully saturated rings. The van der Waals surface area contributed by atoms with E-state index >= 15 is 0 Å². The lowest BCUT2D eigenvalue weighted by atomic mass is 10.2. The molecule has 0 aliphatic carbocycles. The summed E-state index contributed by atoms with van der Waals surface area (Å²) < 4.78 is 4.86. The van der Waals surface area contributed by atoms with Gasteiger partial charge < -0.3 is 9.42 Å². The number of nitrogens with zero attached hydrogens (tertiary/aromatic N) is 2. The van der Waals surface area contributed by atoms with Gasteiger partial charge in [0, 0.05) is 12.1 Å². The van der Waals surface area contributed by atoms with Gasteiger partial charge in [-0.3, -0.25) is 0 Å². The lowest BCUT2D eigenvalue weighted by molar-refractivity contribution is 0.393. The van der Waals surface area contributed by atoms with Crippen molar-refractivity contribution in [3.63, 3.8) is 0 Å². The molecule has 11 heavy (non-hydrogen) atoms. The van der Waals surface area contributed by atoms with E-state index in [1.807, 2.05) is 14.1 Å². The van der Waals surface area contributed by atoms with Gasteiger partial charge in [0.15, 0.2) is 0 Å². The second-order valence-corrected chi connectivity index (χ2v) is 2.88. The van der Waals surface area contributed by atoms with Crippen LogP contribution in [0, 0.1) is 0 Å². The summed E-state index contributed by atoms with van der Waals surface area (Å²) >= 11 is 0. The minimum Gasteiger partial charge on any atom is -0.364 e. The fraction of sp³-hybridized carbons (Fsp3) is 0.625. The number of aryl methyl sites for hydroxylation is 1. The van der Waals surface area contributed by atoms with E-state index < -0.39 is 0 Å². The lowest BCUT2D eigenvalue weighted by Crippen LogP contribution is -2.11. The first-order valence-corrected chi connectivity index (χ1v) is 3.81. The third-order valence-corrected chi connectivity index (χ3v) is 1.55. The zero-order chi connectivity index (χ0) is 8.27. The summed E-state index contributed by atoms with van der Waals surface area (Å²) in [6.07, 6.45) is 2.67. The summed E-state index contributed by atoms with van der Waals surface area (Å²) in [5, 5.41) is 3.89. The van der Waals surface area contributed by atoms with E-state index in [9.17, 15) is 0 Å². The molecule has 0 aliphatic heterocycles. The van der Waals surface area contributed by atoms with Crippen LogP contribution in [0.5, 0.6) is 0 Å². The lowest BCUT2D eigenvalue weighted by Gasteiger charge is -2.06. The van der Waals surface area contributed by atoms with Gasteiger partial charge in [0.25, 0.3) is 0 Å². The minimum atomic E-state index is 0.909. The van der Waals surface area contributed by atoms with Gasteiger partial charge in [-0.15, -0.1) is 0 Å². The van der Waals surface area contributed by atoms with Crippen LogP contribution in [-0.4, -0.2) is 24.2 Å². The Morgan fingerprint density at radius 1 is 1.55 bits per heavy atom. The normalized spacial score (nSPS) is 10.9. The van der Waals surface area contributed by atoms with Crippen molar-refractivity contribution in [3.05, 3.63) is 17.5 Å². The van der Waals surface area contributed by atoms with Crippen LogP contribution in [0.15, 0.2) is 10.8 Å². The molecule has 1 rings (SSSR count). The van der Waals surface area contributed by atoms with Crippen molar-refractivity contribution in [1.29, 1.82) is 0 Å². The summed E-state index contributed by atoms with van der Waals surface area (Å²) in [5.41, 5.74) is 2.26. The molecular weight excluding hydrogens is 140 g/mol. The van der Waals surface area contributed by atoms with Crippen molar-refractivity contribution < 1.29 is 4.52 Å². The molecule has 62 valence electrons. The zero-order valence-electron chi connectivity index (χ0n) is 7.29.